The van der Waals surface area contributed by atoms with Crippen LogP contribution in [-0.4, -0.2) is 6.72 Å². The minimum absolute atomic E-state index is 0.747. The van der Waals surface area contributed by atoms with Crippen molar-refractivity contribution in [1.82, 2.24) is 0 Å². The molecule has 3 nitrogen and oxygen atoms in total. The van der Waals surface area contributed by atoms with E-state index < -0.39 is 0 Å². The van der Waals surface area contributed by atoms with Crippen molar-refractivity contribution in [3.8, 4) is 0 Å². The lowest BCUT2D eigenvalue weighted by molar-refractivity contribution is 1.41. The van der Waals surface area contributed by atoms with Gasteiger partial charge in [0.2, 0.25) is 0 Å². The van der Waals surface area contributed by atoms with Gasteiger partial charge in [0.05, 0.1) is 11.4 Å². The van der Waals surface area contributed by atoms with E-state index in [9.17, 15) is 0 Å². The SMILES string of the molecule is C=Nc1cc(C)c(N)cc1Nc1ccc(C)cc1. The minimum atomic E-state index is 0.747. The lowest BCUT2D eigenvalue weighted by Crippen LogP contribution is -1.95. The van der Waals surface area contributed by atoms with Crippen molar-refractivity contribution < 1.29 is 0 Å². The summed E-state index contributed by atoms with van der Waals surface area (Å²) in [5.41, 5.74) is 11.6. The van der Waals surface area contributed by atoms with Crippen LogP contribution < -0.4 is 11.1 Å². The van der Waals surface area contributed by atoms with Gasteiger partial charge in [0.25, 0.3) is 0 Å². The molecule has 18 heavy (non-hydrogen) atoms. The molecule has 0 aliphatic carbocycles. The Kier molecular flexibility index (Phi) is 3.33. The van der Waals surface area contributed by atoms with Gasteiger partial charge in [-0.05, 0) is 50.4 Å². The maximum Gasteiger partial charge on any atom is 0.0861 e. The second kappa shape index (κ2) is 4.92. The largest absolute Gasteiger partial charge is 0.398 e. The fourth-order valence-corrected chi connectivity index (χ4v) is 1.73. The highest BCUT2D eigenvalue weighted by molar-refractivity contribution is 5.78. The van der Waals surface area contributed by atoms with Crippen molar-refractivity contribution in [3.63, 3.8) is 0 Å². The summed E-state index contributed by atoms with van der Waals surface area (Å²) in [6.45, 7) is 7.61. The average molecular weight is 239 g/mol. The van der Waals surface area contributed by atoms with Crippen molar-refractivity contribution in [3.05, 3.63) is 47.5 Å². The van der Waals surface area contributed by atoms with Crippen LogP contribution in [-0.2, 0) is 0 Å². The molecule has 0 fully saturated rings. The lowest BCUT2D eigenvalue weighted by atomic mass is 10.1. The zero-order valence-electron chi connectivity index (χ0n) is 10.7. The van der Waals surface area contributed by atoms with Crippen LogP contribution in [0.2, 0.25) is 0 Å². The zero-order valence-corrected chi connectivity index (χ0v) is 10.7. The van der Waals surface area contributed by atoms with E-state index in [1.54, 1.807) is 0 Å². The van der Waals surface area contributed by atoms with Gasteiger partial charge in [-0.3, -0.25) is 4.99 Å². The van der Waals surface area contributed by atoms with Crippen LogP contribution in [0, 0.1) is 13.8 Å². The number of hydrogen-bond acceptors (Lipinski definition) is 3. The van der Waals surface area contributed by atoms with E-state index >= 15 is 0 Å². The number of nitrogens with two attached hydrogens (primary N) is 1. The molecule has 0 unspecified atom stereocenters. The number of nitrogens with zero attached hydrogens (tertiary/aromatic N) is 1. The van der Waals surface area contributed by atoms with E-state index in [4.69, 9.17) is 5.73 Å². The molecule has 0 aliphatic rings. The van der Waals surface area contributed by atoms with Gasteiger partial charge >= 0.3 is 0 Å². The number of hydrogen-bond donors (Lipinski definition) is 2. The first kappa shape index (κ1) is 12.2. The summed E-state index contributed by atoms with van der Waals surface area (Å²) in [4.78, 5) is 4.02. The molecule has 0 saturated heterocycles. The molecule has 0 saturated carbocycles. The van der Waals surface area contributed by atoms with E-state index in [0.29, 0.717) is 0 Å². The van der Waals surface area contributed by atoms with E-state index in [0.717, 1.165) is 28.3 Å². The molecular formula is C15H17N3. The van der Waals surface area contributed by atoms with E-state index in [2.05, 4.69) is 36.1 Å². The van der Waals surface area contributed by atoms with Gasteiger partial charge in [-0.2, -0.15) is 0 Å². The summed E-state index contributed by atoms with van der Waals surface area (Å²) in [7, 11) is 0. The Morgan fingerprint density at radius 2 is 1.78 bits per heavy atom. The highest BCUT2D eigenvalue weighted by Crippen LogP contribution is 2.32. The van der Waals surface area contributed by atoms with Crippen LogP contribution in [0.1, 0.15) is 11.1 Å². The maximum atomic E-state index is 5.92. The summed E-state index contributed by atoms with van der Waals surface area (Å²) >= 11 is 0. The Balaban J connectivity index is 2.36. The predicted octanol–water partition coefficient (Wildman–Crippen LogP) is 3.96. The molecule has 2 aromatic carbocycles. The maximum absolute atomic E-state index is 5.92. The Morgan fingerprint density at radius 1 is 1.11 bits per heavy atom. The molecule has 92 valence electrons. The molecule has 0 spiro atoms. The number of nitrogens with one attached hydrogen (secondary N) is 1. The average Bonchev–Trinajstić information content (AvgIpc) is 2.36. The first-order chi connectivity index (χ1) is 8.60. The summed E-state index contributed by atoms with van der Waals surface area (Å²) < 4.78 is 0. The second-order valence-corrected chi connectivity index (χ2v) is 4.38. The van der Waals surface area contributed by atoms with Crippen LogP contribution in [0.3, 0.4) is 0 Å². The van der Waals surface area contributed by atoms with Gasteiger partial charge in [-0.15, -0.1) is 0 Å². The van der Waals surface area contributed by atoms with Gasteiger partial charge in [-0.1, -0.05) is 17.7 Å². The third-order valence-electron chi connectivity index (χ3n) is 2.89. The normalized spacial score (nSPS) is 10.1. The van der Waals surface area contributed by atoms with E-state index in [-0.39, 0.29) is 0 Å². The highest BCUT2D eigenvalue weighted by Gasteiger charge is 2.04. The zero-order chi connectivity index (χ0) is 13.1. The van der Waals surface area contributed by atoms with Crippen molar-refractivity contribution in [2.24, 2.45) is 4.99 Å². The molecule has 0 aromatic heterocycles. The van der Waals surface area contributed by atoms with E-state index in [1.165, 1.54) is 5.56 Å². The quantitative estimate of drug-likeness (QED) is 0.629. The van der Waals surface area contributed by atoms with Crippen LogP contribution in [0.4, 0.5) is 22.7 Å². The molecule has 2 rings (SSSR count). The van der Waals surface area contributed by atoms with E-state index in [1.807, 2.05) is 31.2 Å². The molecule has 0 heterocycles. The van der Waals surface area contributed by atoms with Gasteiger partial charge in [0.1, 0.15) is 0 Å². The van der Waals surface area contributed by atoms with Gasteiger partial charge in [0.15, 0.2) is 0 Å². The van der Waals surface area contributed by atoms with Crippen LogP contribution in [0.15, 0.2) is 41.4 Å². The molecular weight excluding hydrogens is 222 g/mol. The van der Waals surface area contributed by atoms with Crippen molar-refractivity contribution in [1.29, 1.82) is 0 Å². The molecule has 3 heteroatoms. The van der Waals surface area contributed by atoms with Gasteiger partial charge in [-0.25, -0.2) is 0 Å². The lowest BCUT2D eigenvalue weighted by Gasteiger charge is -2.12. The highest BCUT2D eigenvalue weighted by atomic mass is 14.9. The summed E-state index contributed by atoms with van der Waals surface area (Å²) in [5.74, 6) is 0. The monoisotopic (exact) mass is 239 g/mol. The number of rotatable bonds is 3. The van der Waals surface area contributed by atoms with Gasteiger partial charge in [0, 0.05) is 11.4 Å². The number of aryl methyl sites for hydroxylation is 2. The smallest absolute Gasteiger partial charge is 0.0861 e. The number of benzene rings is 2. The van der Waals surface area contributed by atoms with Crippen LogP contribution in [0.25, 0.3) is 0 Å². The second-order valence-electron chi connectivity index (χ2n) is 4.38. The molecule has 3 N–H and O–H groups in total. The number of anilines is 3. The van der Waals surface area contributed by atoms with Gasteiger partial charge < -0.3 is 11.1 Å². The summed E-state index contributed by atoms with van der Waals surface area (Å²) in [6, 6.07) is 12.0. The first-order valence-electron chi connectivity index (χ1n) is 5.80. The Labute approximate surface area is 107 Å². The topological polar surface area (TPSA) is 50.4 Å². The number of nitrogen functional groups attached to an aromatic ring is 1. The molecule has 0 bridgehead atoms. The summed E-state index contributed by atoms with van der Waals surface area (Å²) in [6.07, 6.45) is 0. The van der Waals surface area contributed by atoms with Crippen molar-refractivity contribution in [2.75, 3.05) is 11.1 Å². The Hall–Kier alpha value is -2.29. The fraction of sp³-hybridized carbons (Fsp3) is 0.133. The molecule has 0 radical (unpaired) electrons. The molecule has 0 atom stereocenters. The number of aliphatic imine (C=N–C) groups is 1. The van der Waals surface area contributed by atoms with Crippen LogP contribution >= 0.6 is 0 Å². The standard InChI is InChI=1S/C15H17N3/c1-10-4-6-12(7-5-10)18-15-9-13(16)11(2)8-14(15)17-3/h4-9,18H,3,16H2,1-2H3. The third-order valence-corrected chi connectivity index (χ3v) is 2.89. The molecule has 2 aromatic rings. The summed E-state index contributed by atoms with van der Waals surface area (Å²) in [5, 5.41) is 3.30. The first-order valence-corrected chi connectivity index (χ1v) is 5.80. The van der Waals surface area contributed by atoms with Crippen molar-refractivity contribution >= 4 is 29.5 Å². The fourth-order valence-electron chi connectivity index (χ4n) is 1.73. The Morgan fingerprint density at radius 3 is 2.39 bits per heavy atom. The molecule has 0 amide bonds. The van der Waals surface area contributed by atoms with Crippen LogP contribution in [0.5, 0.6) is 0 Å². The van der Waals surface area contributed by atoms with Crippen molar-refractivity contribution in [2.45, 2.75) is 13.8 Å². The Bertz CT molecular complexity index is 571. The molecule has 0 aliphatic heterocycles. The minimum Gasteiger partial charge on any atom is -0.398 e. The third kappa shape index (κ3) is 2.51. The predicted molar refractivity (Wildman–Crippen MR) is 79.3 cm³/mol.